The zero-order chi connectivity index (χ0) is 13.8. The summed E-state index contributed by atoms with van der Waals surface area (Å²) in [6.07, 6.45) is 2.92. The quantitative estimate of drug-likeness (QED) is 0.888. The van der Waals surface area contributed by atoms with E-state index in [9.17, 15) is 4.79 Å². The van der Waals surface area contributed by atoms with Crippen molar-refractivity contribution >= 4 is 18.3 Å². The van der Waals surface area contributed by atoms with Crippen molar-refractivity contribution in [1.82, 2.24) is 5.32 Å². The molecule has 112 valence electrons. The van der Waals surface area contributed by atoms with Crippen LogP contribution in [0.4, 0.5) is 0 Å². The van der Waals surface area contributed by atoms with Crippen LogP contribution in [0.2, 0.25) is 0 Å². The molecule has 20 heavy (non-hydrogen) atoms. The summed E-state index contributed by atoms with van der Waals surface area (Å²) in [5.74, 6) is 0.809. The number of benzene rings is 1. The van der Waals surface area contributed by atoms with Crippen molar-refractivity contribution < 1.29 is 14.3 Å². The Morgan fingerprint density at radius 3 is 2.30 bits per heavy atom. The van der Waals surface area contributed by atoms with Gasteiger partial charge in [-0.2, -0.15) is 0 Å². The highest BCUT2D eigenvalue weighted by Gasteiger charge is 2.27. The fraction of sp³-hybridized carbons (Fsp3) is 0.500. The molecule has 0 spiro atoms. The predicted octanol–water partition coefficient (Wildman–Crippen LogP) is 1.74. The summed E-state index contributed by atoms with van der Waals surface area (Å²) < 4.78 is 10.5. The number of nitrogens with one attached hydrogen (secondary N) is 1. The normalized spacial score (nSPS) is 20.9. The monoisotopic (exact) mass is 300 g/mol. The molecule has 2 rings (SSSR count). The van der Waals surface area contributed by atoms with E-state index in [0.717, 1.165) is 19.3 Å². The number of halogens is 1. The standard InChI is InChI=1S/C14H20N2O3.ClH/c1-18-11-7-4-8-12(19-2)13(11)14(17)16-10-6-3-5-9(10)15;/h4,7-10H,3,5-6,15H2,1-2H3,(H,16,17);1H/t9-,10-;/m0./s1. The molecule has 0 aromatic heterocycles. The Morgan fingerprint density at radius 2 is 1.85 bits per heavy atom. The van der Waals surface area contributed by atoms with E-state index in [1.165, 1.54) is 14.2 Å². The van der Waals surface area contributed by atoms with Gasteiger partial charge in [0.2, 0.25) is 0 Å². The highest BCUT2D eigenvalue weighted by Crippen LogP contribution is 2.28. The van der Waals surface area contributed by atoms with Gasteiger partial charge in [0.05, 0.1) is 14.2 Å². The molecule has 0 heterocycles. The van der Waals surface area contributed by atoms with Crippen molar-refractivity contribution in [1.29, 1.82) is 0 Å². The second-order valence-electron chi connectivity index (χ2n) is 4.71. The molecule has 6 heteroatoms. The minimum absolute atomic E-state index is 0. The Kier molecular flexibility index (Phi) is 6.10. The Labute approximate surface area is 125 Å². The molecular weight excluding hydrogens is 280 g/mol. The molecule has 1 aromatic rings. The molecule has 0 unspecified atom stereocenters. The third-order valence-corrected chi connectivity index (χ3v) is 3.54. The number of carbonyl (C=O) groups is 1. The lowest BCUT2D eigenvalue weighted by Gasteiger charge is -2.19. The number of rotatable bonds is 4. The first-order valence-corrected chi connectivity index (χ1v) is 6.44. The van der Waals surface area contributed by atoms with Gasteiger partial charge in [-0.25, -0.2) is 0 Å². The largest absolute Gasteiger partial charge is 0.496 e. The van der Waals surface area contributed by atoms with E-state index >= 15 is 0 Å². The van der Waals surface area contributed by atoms with Crippen molar-refractivity contribution in [2.45, 2.75) is 31.3 Å². The molecule has 1 saturated carbocycles. The molecule has 1 fully saturated rings. The van der Waals surface area contributed by atoms with Gasteiger partial charge < -0.3 is 20.5 Å². The lowest BCUT2D eigenvalue weighted by atomic mass is 10.1. The predicted molar refractivity (Wildman–Crippen MR) is 79.9 cm³/mol. The van der Waals surface area contributed by atoms with Crippen molar-refractivity contribution in [3.05, 3.63) is 23.8 Å². The van der Waals surface area contributed by atoms with E-state index in [2.05, 4.69) is 5.32 Å². The van der Waals surface area contributed by atoms with Crippen LogP contribution < -0.4 is 20.5 Å². The van der Waals surface area contributed by atoms with E-state index in [1.54, 1.807) is 18.2 Å². The molecule has 5 nitrogen and oxygen atoms in total. The minimum Gasteiger partial charge on any atom is -0.496 e. The van der Waals surface area contributed by atoms with Crippen molar-refractivity contribution in [3.8, 4) is 11.5 Å². The van der Waals surface area contributed by atoms with Crippen LogP contribution in [0.5, 0.6) is 11.5 Å². The summed E-state index contributed by atoms with van der Waals surface area (Å²) in [5.41, 5.74) is 6.39. The Hall–Kier alpha value is -1.46. The van der Waals surface area contributed by atoms with Gasteiger partial charge in [-0.3, -0.25) is 4.79 Å². The van der Waals surface area contributed by atoms with Crippen LogP contribution in [0, 0.1) is 0 Å². The summed E-state index contributed by atoms with van der Waals surface area (Å²) in [5, 5.41) is 2.97. The molecule has 1 aliphatic carbocycles. The molecule has 2 atom stereocenters. The zero-order valence-electron chi connectivity index (χ0n) is 11.7. The van der Waals surface area contributed by atoms with Crippen LogP contribution in [-0.4, -0.2) is 32.2 Å². The third-order valence-electron chi connectivity index (χ3n) is 3.54. The van der Waals surface area contributed by atoms with E-state index < -0.39 is 0 Å². The van der Waals surface area contributed by atoms with E-state index in [4.69, 9.17) is 15.2 Å². The fourth-order valence-electron chi connectivity index (χ4n) is 2.48. The minimum atomic E-state index is -0.198. The summed E-state index contributed by atoms with van der Waals surface area (Å²) >= 11 is 0. The number of hydrogen-bond acceptors (Lipinski definition) is 4. The Bertz CT molecular complexity index is 445. The Morgan fingerprint density at radius 1 is 1.25 bits per heavy atom. The van der Waals surface area contributed by atoms with Crippen molar-refractivity contribution in [3.63, 3.8) is 0 Å². The molecule has 1 aromatic carbocycles. The van der Waals surface area contributed by atoms with Crippen LogP contribution in [0.15, 0.2) is 18.2 Å². The van der Waals surface area contributed by atoms with Gasteiger partial charge in [0.25, 0.3) is 5.91 Å². The number of methoxy groups -OCH3 is 2. The number of amides is 1. The van der Waals surface area contributed by atoms with E-state index in [-0.39, 0.29) is 30.4 Å². The van der Waals surface area contributed by atoms with Gasteiger partial charge in [0.15, 0.2) is 0 Å². The number of hydrogen-bond donors (Lipinski definition) is 2. The van der Waals surface area contributed by atoms with Crippen LogP contribution in [-0.2, 0) is 0 Å². The molecule has 0 aliphatic heterocycles. The van der Waals surface area contributed by atoms with Crippen molar-refractivity contribution in [2.24, 2.45) is 5.73 Å². The second kappa shape index (κ2) is 7.36. The molecule has 0 radical (unpaired) electrons. The lowest BCUT2D eigenvalue weighted by molar-refractivity contribution is 0.0928. The van der Waals surface area contributed by atoms with E-state index in [0.29, 0.717) is 17.1 Å². The van der Waals surface area contributed by atoms with Crippen LogP contribution >= 0.6 is 12.4 Å². The van der Waals surface area contributed by atoms with Crippen LogP contribution in [0.25, 0.3) is 0 Å². The average molecular weight is 301 g/mol. The SMILES string of the molecule is COc1cccc(OC)c1C(=O)N[C@H]1CCC[C@@H]1N.Cl. The van der Waals surface area contributed by atoms with Gasteiger partial charge in [-0.15, -0.1) is 12.4 Å². The van der Waals surface area contributed by atoms with Crippen LogP contribution in [0.3, 0.4) is 0 Å². The topological polar surface area (TPSA) is 73.6 Å². The molecule has 0 saturated heterocycles. The number of carbonyl (C=O) groups excluding carboxylic acids is 1. The maximum atomic E-state index is 12.4. The maximum Gasteiger partial charge on any atom is 0.259 e. The Balaban J connectivity index is 0.00000200. The van der Waals surface area contributed by atoms with Crippen molar-refractivity contribution in [2.75, 3.05) is 14.2 Å². The van der Waals surface area contributed by atoms with E-state index in [1.807, 2.05) is 0 Å². The molecule has 3 N–H and O–H groups in total. The third kappa shape index (κ3) is 3.35. The maximum absolute atomic E-state index is 12.4. The second-order valence-corrected chi connectivity index (χ2v) is 4.71. The molecule has 1 aliphatic rings. The van der Waals surface area contributed by atoms with Crippen LogP contribution in [0.1, 0.15) is 29.6 Å². The fourth-order valence-corrected chi connectivity index (χ4v) is 2.48. The number of ether oxygens (including phenoxy) is 2. The van der Waals surface area contributed by atoms with Gasteiger partial charge >= 0.3 is 0 Å². The van der Waals surface area contributed by atoms with Gasteiger partial charge in [0, 0.05) is 12.1 Å². The molecule has 1 amide bonds. The summed E-state index contributed by atoms with van der Waals surface area (Å²) in [6, 6.07) is 5.33. The van der Waals surface area contributed by atoms with Gasteiger partial charge in [-0.1, -0.05) is 6.07 Å². The first kappa shape index (κ1) is 16.6. The molecule has 0 bridgehead atoms. The number of nitrogens with two attached hydrogens (primary N) is 1. The lowest BCUT2D eigenvalue weighted by Crippen LogP contribution is -2.44. The zero-order valence-corrected chi connectivity index (χ0v) is 12.5. The highest BCUT2D eigenvalue weighted by molar-refractivity contribution is 6.00. The average Bonchev–Trinajstić information content (AvgIpc) is 2.83. The summed E-state index contributed by atoms with van der Waals surface area (Å²) in [6.45, 7) is 0. The highest BCUT2D eigenvalue weighted by atomic mass is 35.5. The molecular formula is C14H21ClN2O3. The smallest absolute Gasteiger partial charge is 0.259 e. The van der Waals surface area contributed by atoms with Gasteiger partial charge in [0.1, 0.15) is 17.1 Å². The summed E-state index contributed by atoms with van der Waals surface area (Å²) in [7, 11) is 3.07. The summed E-state index contributed by atoms with van der Waals surface area (Å²) in [4.78, 5) is 12.4. The first-order valence-electron chi connectivity index (χ1n) is 6.44. The van der Waals surface area contributed by atoms with Gasteiger partial charge in [-0.05, 0) is 31.4 Å². The first-order chi connectivity index (χ1) is 9.17.